The zero-order valence-electron chi connectivity index (χ0n) is 14.4. The van der Waals surface area contributed by atoms with Gasteiger partial charge in [0.1, 0.15) is 12.3 Å². The van der Waals surface area contributed by atoms with Gasteiger partial charge in [-0.05, 0) is 12.1 Å². The molecule has 4 rings (SSSR count). The van der Waals surface area contributed by atoms with E-state index in [2.05, 4.69) is 35.1 Å². The van der Waals surface area contributed by atoms with Crippen LogP contribution in [0.5, 0.6) is 0 Å². The van der Waals surface area contributed by atoms with Crippen LogP contribution in [0.3, 0.4) is 0 Å². The van der Waals surface area contributed by atoms with Gasteiger partial charge in [0, 0.05) is 39.5 Å². The average molecular weight is 373 g/mol. The van der Waals surface area contributed by atoms with E-state index in [-0.39, 0.29) is 0 Å². The first-order chi connectivity index (χ1) is 12.8. The van der Waals surface area contributed by atoms with Crippen LogP contribution < -0.4 is 4.90 Å². The van der Waals surface area contributed by atoms with Crippen LogP contribution in [0.4, 0.5) is 5.13 Å². The Morgan fingerprint density at radius 1 is 1.19 bits per heavy atom. The molecule has 0 unspecified atom stereocenters. The van der Waals surface area contributed by atoms with Crippen LogP contribution in [0.15, 0.2) is 28.9 Å². The minimum absolute atomic E-state index is 0.368. The molecule has 1 fully saturated rings. The largest absolute Gasteiger partial charge is 0.377 e. The van der Waals surface area contributed by atoms with Gasteiger partial charge < -0.3 is 14.2 Å². The molecule has 10 heteroatoms. The normalized spacial score (nSPS) is 15.5. The van der Waals surface area contributed by atoms with E-state index >= 15 is 0 Å². The number of piperazine rings is 1. The second-order valence-electron chi connectivity index (χ2n) is 5.91. The molecule has 3 aromatic rings. The fraction of sp³-hybridized carbons (Fsp3) is 0.438. The molecule has 1 aliphatic heterocycles. The molecule has 1 saturated heterocycles. The number of aromatic nitrogens is 5. The number of hydrogen-bond acceptors (Lipinski definition) is 10. The van der Waals surface area contributed by atoms with Crippen molar-refractivity contribution < 1.29 is 9.26 Å². The van der Waals surface area contributed by atoms with Gasteiger partial charge in [0.2, 0.25) is 11.0 Å². The van der Waals surface area contributed by atoms with Crippen LogP contribution in [-0.2, 0) is 17.9 Å². The summed E-state index contributed by atoms with van der Waals surface area (Å²) in [6, 6.07) is 5.80. The summed E-state index contributed by atoms with van der Waals surface area (Å²) < 4.78 is 10.3. The first-order valence-corrected chi connectivity index (χ1v) is 9.16. The maximum atomic E-state index is 5.26. The molecule has 0 aliphatic carbocycles. The number of methoxy groups -OCH3 is 1. The lowest BCUT2D eigenvalue weighted by molar-refractivity contribution is 0.174. The first kappa shape index (κ1) is 17.0. The number of rotatable bonds is 6. The monoisotopic (exact) mass is 373 g/mol. The first-order valence-electron chi connectivity index (χ1n) is 8.34. The Bertz CT molecular complexity index is 830. The maximum absolute atomic E-state index is 5.26. The summed E-state index contributed by atoms with van der Waals surface area (Å²) in [6.07, 6.45) is 1.77. The van der Waals surface area contributed by atoms with Crippen molar-refractivity contribution in [2.75, 3.05) is 38.2 Å². The van der Waals surface area contributed by atoms with Gasteiger partial charge in [0.15, 0.2) is 10.8 Å². The zero-order chi connectivity index (χ0) is 17.8. The molecule has 0 saturated carbocycles. The predicted molar refractivity (Wildman–Crippen MR) is 95.6 cm³/mol. The molecule has 0 spiro atoms. The van der Waals surface area contributed by atoms with Gasteiger partial charge in [0.05, 0.1) is 6.54 Å². The van der Waals surface area contributed by atoms with E-state index in [1.165, 1.54) is 0 Å². The summed E-state index contributed by atoms with van der Waals surface area (Å²) in [4.78, 5) is 13.2. The summed E-state index contributed by atoms with van der Waals surface area (Å²) in [5.74, 6) is 1.20. The van der Waals surface area contributed by atoms with Crippen molar-refractivity contribution in [3.8, 4) is 10.7 Å². The number of anilines is 1. The summed E-state index contributed by atoms with van der Waals surface area (Å²) in [6.45, 7) is 4.60. The molecule has 0 amide bonds. The van der Waals surface area contributed by atoms with Gasteiger partial charge in [-0.2, -0.15) is 4.98 Å². The molecule has 0 bridgehead atoms. The molecule has 0 N–H and O–H groups in total. The summed E-state index contributed by atoms with van der Waals surface area (Å²) >= 11 is 1.57. The van der Waals surface area contributed by atoms with Gasteiger partial charge in [-0.1, -0.05) is 22.6 Å². The Labute approximate surface area is 154 Å². The predicted octanol–water partition coefficient (Wildman–Crippen LogP) is 1.45. The third kappa shape index (κ3) is 3.87. The molecular weight excluding hydrogens is 354 g/mol. The number of nitrogens with zero attached hydrogens (tertiary/aromatic N) is 7. The van der Waals surface area contributed by atoms with Crippen LogP contribution in [0.25, 0.3) is 10.7 Å². The highest BCUT2D eigenvalue weighted by Crippen LogP contribution is 2.27. The minimum Gasteiger partial charge on any atom is -0.377 e. The summed E-state index contributed by atoms with van der Waals surface area (Å²) in [5.41, 5.74) is 0.859. The van der Waals surface area contributed by atoms with Crippen LogP contribution in [0.2, 0.25) is 0 Å². The fourth-order valence-corrected chi connectivity index (χ4v) is 3.64. The van der Waals surface area contributed by atoms with E-state index in [0.29, 0.717) is 24.9 Å². The van der Waals surface area contributed by atoms with Crippen molar-refractivity contribution in [2.45, 2.75) is 13.2 Å². The number of pyridine rings is 1. The standard InChI is InChI=1S/C16H19N7O2S/c1-24-11-13-18-14(25-21-13)10-22-6-8-23(9-7-22)16-20-19-15(26-16)12-4-2-3-5-17-12/h2-5H,6-11H2,1H3. The zero-order valence-corrected chi connectivity index (χ0v) is 15.2. The van der Waals surface area contributed by atoms with Gasteiger partial charge in [-0.3, -0.25) is 9.88 Å². The van der Waals surface area contributed by atoms with Gasteiger partial charge >= 0.3 is 0 Å². The van der Waals surface area contributed by atoms with Crippen molar-refractivity contribution in [3.05, 3.63) is 36.1 Å². The highest BCUT2D eigenvalue weighted by Gasteiger charge is 2.22. The lowest BCUT2D eigenvalue weighted by atomic mass is 10.3. The molecule has 0 radical (unpaired) electrons. The molecule has 26 heavy (non-hydrogen) atoms. The minimum atomic E-state index is 0.368. The van der Waals surface area contributed by atoms with Crippen molar-refractivity contribution in [1.82, 2.24) is 30.2 Å². The molecule has 4 heterocycles. The maximum Gasteiger partial charge on any atom is 0.240 e. The second kappa shape index (κ2) is 7.85. The summed E-state index contributed by atoms with van der Waals surface area (Å²) in [7, 11) is 1.61. The summed E-state index contributed by atoms with van der Waals surface area (Å²) in [5, 5.41) is 14.3. The second-order valence-corrected chi connectivity index (χ2v) is 6.86. The highest BCUT2D eigenvalue weighted by atomic mass is 32.1. The average Bonchev–Trinajstić information content (AvgIpc) is 3.33. The van der Waals surface area contributed by atoms with E-state index in [9.17, 15) is 0 Å². The van der Waals surface area contributed by atoms with E-state index < -0.39 is 0 Å². The third-order valence-corrected chi connectivity index (χ3v) is 5.09. The molecule has 9 nitrogen and oxygen atoms in total. The molecular formula is C16H19N7O2S. The Morgan fingerprint density at radius 3 is 2.85 bits per heavy atom. The van der Waals surface area contributed by atoms with Crippen LogP contribution in [0.1, 0.15) is 11.7 Å². The van der Waals surface area contributed by atoms with Crippen molar-refractivity contribution in [2.24, 2.45) is 0 Å². The fourth-order valence-electron chi connectivity index (χ4n) is 2.77. The van der Waals surface area contributed by atoms with E-state index in [1.54, 1.807) is 24.6 Å². The van der Waals surface area contributed by atoms with Crippen molar-refractivity contribution in [1.29, 1.82) is 0 Å². The Kier molecular flexibility index (Phi) is 5.14. The molecule has 0 aromatic carbocycles. The van der Waals surface area contributed by atoms with Gasteiger partial charge in [-0.15, -0.1) is 10.2 Å². The van der Waals surface area contributed by atoms with Gasteiger partial charge in [0.25, 0.3) is 0 Å². The van der Waals surface area contributed by atoms with Crippen LogP contribution >= 0.6 is 11.3 Å². The Hall–Kier alpha value is -2.43. The van der Waals surface area contributed by atoms with E-state index in [1.807, 2.05) is 18.2 Å². The third-order valence-electron chi connectivity index (χ3n) is 4.08. The highest BCUT2D eigenvalue weighted by molar-refractivity contribution is 7.18. The SMILES string of the molecule is COCc1noc(CN2CCN(c3nnc(-c4ccccn4)s3)CC2)n1. The smallest absolute Gasteiger partial charge is 0.240 e. The lowest BCUT2D eigenvalue weighted by Crippen LogP contribution is -2.46. The van der Waals surface area contributed by atoms with Crippen molar-refractivity contribution >= 4 is 16.5 Å². The molecule has 3 aromatic heterocycles. The van der Waals surface area contributed by atoms with Gasteiger partial charge in [-0.25, -0.2) is 0 Å². The van der Waals surface area contributed by atoms with E-state index in [4.69, 9.17) is 9.26 Å². The molecule has 136 valence electrons. The Morgan fingerprint density at radius 2 is 2.08 bits per heavy atom. The quantitative estimate of drug-likeness (QED) is 0.636. The molecule has 1 aliphatic rings. The van der Waals surface area contributed by atoms with E-state index in [0.717, 1.165) is 42.0 Å². The van der Waals surface area contributed by atoms with Crippen molar-refractivity contribution in [3.63, 3.8) is 0 Å². The molecule has 0 atom stereocenters. The lowest BCUT2D eigenvalue weighted by Gasteiger charge is -2.33. The number of ether oxygens (including phenoxy) is 1. The van der Waals surface area contributed by atoms with Crippen LogP contribution in [-0.4, -0.2) is 63.5 Å². The number of hydrogen-bond donors (Lipinski definition) is 0. The topological polar surface area (TPSA) is 93.3 Å². The Balaban J connectivity index is 1.33. The van der Waals surface area contributed by atoms with Crippen LogP contribution in [0, 0.1) is 0 Å².